The van der Waals surface area contributed by atoms with E-state index in [1.165, 1.54) is 11.8 Å². The SMILES string of the molecule is Cc1cc(C#N)nc(Sc2nnc(C)n2-c2ccccc2C)n1. The molecule has 114 valence electrons. The summed E-state index contributed by atoms with van der Waals surface area (Å²) in [7, 11) is 0. The Balaban J connectivity index is 2.05. The smallest absolute Gasteiger partial charge is 0.203 e. The highest BCUT2D eigenvalue weighted by molar-refractivity contribution is 7.99. The molecule has 0 radical (unpaired) electrons. The second-order valence-electron chi connectivity index (χ2n) is 5.04. The Hall–Kier alpha value is -2.72. The van der Waals surface area contributed by atoms with E-state index >= 15 is 0 Å². The van der Waals surface area contributed by atoms with Gasteiger partial charge in [-0.15, -0.1) is 10.2 Å². The fourth-order valence-corrected chi connectivity index (χ4v) is 3.13. The minimum Gasteiger partial charge on any atom is -0.274 e. The lowest BCUT2D eigenvalue weighted by Gasteiger charge is -2.10. The number of hydrogen-bond acceptors (Lipinski definition) is 6. The molecule has 2 aromatic heterocycles. The Morgan fingerprint density at radius 3 is 2.61 bits per heavy atom. The molecule has 3 aromatic rings. The van der Waals surface area contributed by atoms with Crippen molar-refractivity contribution in [2.45, 2.75) is 31.1 Å². The van der Waals surface area contributed by atoms with Crippen LogP contribution in [0.3, 0.4) is 0 Å². The zero-order chi connectivity index (χ0) is 16.4. The Morgan fingerprint density at radius 2 is 1.87 bits per heavy atom. The number of rotatable bonds is 3. The second kappa shape index (κ2) is 6.18. The highest BCUT2D eigenvalue weighted by Gasteiger charge is 2.15. The number of nitriles is 1. The molecule has 0 aliphatic rings. The zero-order valence-electron chi connectivity index (χ0n) is 13.0. The summed E-state index contributed by atoms with van der Waals surface area (Å²) in [5, 5.41) is 18.6. The van der Waals surface area contributed by atoms with Crippen LogP contribution in [0.2, 0.25) is 0 Å². The van der Waals surface area contributed by atoms with Crippen molar-refractivity contribution in [3.63, 3.8) is 0 Å². The van der Waals surface area contributed by atoms with Gasteiger partial charge < -0.3 is 0 Å². The van der Waals surface area contributed by atoms with Gasteiger partial charge in [0, 0.05) is 5.69 Å². The lowest BCUT2D eigenvalue weighted by molar-refractivity contribution is 0.847. The van der Waals surface area contributed by atoms with Gasteiger partial charge >= 0.3 is 0 Å². The van der Waals surface area contributed by atoms with Crippen LogP contribution in [0.25, 0.3) is 5.69 Å². The van der Waals surface area contributed by atoms with Gasteiger partial charge in [0.2, 0.25) is 5.16 Å². The molecular weight excluding hydrogens is 308 g/mol. The van der Waals surface area contributed by atoms with Gasteiger partial charge in [-0.05, 0) is 50.2 Å². The highest BCUT2D eigenvalue weighted by atomic mass is 32.2. The quantitative estimate of drug-likeness (QED) is 0.690. The lowest BCUT2D eigenvalue weighted by Crippen LogP contribution is -2.02. The van der Waals surface area contributed by atoms with Crippen LogP contribution in [-0.2, 0) is 0 Å². The second-order valence-corrected chi connectivity index (χ2v) is 5.98. The first kappa shape index (κ1) is 15.2. The third kappa shape index (κ3) is 3.07. The first-order valence-corrected chi connectivity index (χ1v) is 7.82. The zero-order valence-corrected chi connectivity index (χ0v) is 13.8. The molecule has 3 rings (SSSR count). The Bertz CT molecular complexity index is 909. The number of aryl methyl sites for hydroxylation is 3. The van der Waals surface area contributed by atoms with Gasteiger partial charge in [-0.1, -0.05) is 18.2 Å². The number of aromatic nitrogens is 5. The summed E-state index contributed by atoms with van der Waals surface area (Å²) in [4.78, 5) is 8.59. The first-order chi connectivity index (χ1) is 11.1. The van der Waals surface area contributed by atoms with Gasteiger partial charge in [-0.25, -0.2) is 9.97 Å². The molecule has 0 aliphatic heterocycles. The van der Waals surface area contributed by atoms with Crippen LogP contribution in [0.15, 0.2) is 40.6 Å². The topological polar surface area (TPSA) is 80.3 Å². The van der Waals surface area contributed by atoms with Crippen molar-refractivity contribution in [2.75, 3.05) is 0 Å². The minimum absolute atomic E-state index is 0.346. The summed E-state index contributed by atoms with van der Waals surface area (Å²) in [5.41, 5.74) is 3.24. The molecule has 0 saturated carbocycles. The molecule has 0 aliphatic carbocycles. The molecule has 0 atom stereocenters. The van der Waals surface area contributed by atoms with Crippen molar-refractivity contribution in [2.24, 2.45) is 0 Å². The summed E-state index contributed by atoms with van der Waals surface area (Å²) in [6, 6.07) is 11.7. The van der Waals surface area contributed by atoms with Crippen LogP contribution in [0, 0.1) is 32.1 Å². The summed E-state index contributed by atoms with van der Waals surface area (Å²) in [6.45, 7) is 5.78. The summed E-state index contributed by atoms with van der Waals surface area (Å²) >= 11 is 1.30. The van der Waals surface area contributed by atoms with Gasteiger partial charge in [0.25, 0.3) is 0 Å². The number of hydrogen-bond donors (Lipinski definition) is 0. The van der Waals surface area contributed by atoms with E-state index in [1.807, 2.05) is 55.7 Å². The number of para-hydroxylation sites is 1. The lowest BCUT2D eigenvalue weighted by atomic mass is 10.2. The van der Waals surface area contributed by atoms with E-state index in [0.717, 1.165) is 22.8 Å². The summed E-state index contributed by atoms with van der Waals surface area (Å²) in [5.74, 6) is 0.787. The fraction of sp³-hybridized carbons (Fsp3) is 0.188. The maximum absolute atomic E-state index is 9.04. The molecule has 0 fully saturated rings. The molecule has 1 aromatic carbocycles. The Kier molecular flexibility index (Phi) is 4.08. The van der Waals surface area contributed by atoms with Gasteiger partial charge in [-0.3, -0.25) is 4.57 Å². The van der Waals surface area contributed by atoms with E-state index in [4.69, 9.17) is 5.26 Å². The number of nitrogens with zero attached hydrogens (tertiary/aromatic N) is 6. The monoisotopic (exact) mass is 322 g/mol. The molecule has 0 saturated heterocycles. The van der Waals surface area contributed by atoms with E-state index in [2.05, 4.69) is 20.2 Å². The average Bonchev–Trinajstić information content (AvgIpc) is 2.88. The van der Waals surface area contributed by atoms with Crippen LogP contribution < -0.4 is 0 Å². The molecule has 7 heteroatoms. The minimum atomic E-state index is 0.346. The van der Waals surface area contributed by atoms with Crippen molar-refractivity contribution in [3.8, 4) is 11.8 Å². The third-order valence-electron chi connectivity index (χ3n) is 3.28. The van der Waals surface area contributed by atoms with E-state index < -0.39 is 0 Å². The first-order valence-electron chi connectivity index (χ1n) is 7.00. The van der Waals surface area contributed by atoms with Crippen molar-refractivity contribution in [1.82, 2.24) is 24.7 Å². The summed E-state index contributed by atoms with van der Waals surface area (Å²) in [6.07, 6.45) is 0. The molecule has 6 nitrogen and oxygen atoms in total. The van der Waals surface area contributed by atoms with Crippen LogP contribution in [0.5, 0.6) is 0 Å². The predicted octanol–water partition coefficient (Wildman–Crippen LogP) is 3.01. The van der Waals surface area contributed by atoms with E-state index in [1.54, 1.807) is 6.07 Å². The molecule has 0 bridgehead atoms. The normalized spacial score (nSPS) is 10.5. The van der Waals surface area contributed by atoms with Gasteiger partial charge in [0.15, 0.2) is 5.16 Å². The standard InChI is InChI=1S/C16H14N6S/c1-10-6-4-5-7-14(10)22-12(3)20-21-16(22)23-15-18-11(2)8-13(9-17)19-15/h4-8H,1-3H3. The highest BCUT2D eigenvalue weighted by Crippen LogP contribution is 2.28. The maximum atomic E-state index is 9.04. The molecule has 0 unspecified atom stereocenters. The maximum Gasteiger partial charge on any atom is 0.203 e. The molecular formula is C16H14N6S. The average molecular weight is 322 g/mol. The van der Waals surface area contributed by atoms with Crippen LogP contribution in [-0.4, -0.2) is 24.7 Å². The summed E-state index contributed by atoms with van der Waals surface area (Å²) < 4.78 is 1.97. The van der Waals surface area contributed by atoms with Gasteiger partial charge in [0.1, 0.15) is 17.6 Å². The molecule has 23 heavy (non-hydrogen) atoms. The molecule has 0 spiro atoms. The van der Waals surface area contributed by atoms with Crippen molar-refractivity contribution >= 4 is 11.8 Å². The predicted molar refractivity (Wildman–Crippen MR) is 86.4 cm³/mol. The van der Waals surface area contributed by atoms with E-state index in [0.29, 0.717) is 16.0 Å². The van der Waals surface area contributed by atoms with E-state index in [9.17, 15) is 0 Å². The van der Waals surface area contributed by atoms with Crippen molar-refractivity contribution in [1.29, 1.82) is 5.26 Å². The Morgan fingerprint density at radius 1 is 1.09 bits per heavy atom. The third-order valence-corrected chi connectivity index (χ3v) is 4.09. The largest absolute Gasteiger partial charge is 0.274 e. The van der Waals surface area contributed by atoms with Gasteiger partial charge in [0.05, 0.1) is 5.69 Å². The van der Waals surface area contributed by atoms with E-state index in [-0.39, 0.29) is 0 Å². The molecule has 2 heterocycles. The molecule has 0 amide bonds. The van der Waals surface area contributed by atoms with Crippen LogP contribution in [0.1, 0.15) is 22.8 Å². The van der Waals surface area contributed by atoms with Crippen LogP contribution in [0.4, 0.5) is 0 Å². The van der Waals surface area contributed by atoms with Crippen molar-refractivity contribution < 1.29 is 0 Å². The Labute approximate surface area is 138 Å². The van der Waals surface area contributed by atoms with Crippen molar-refractivity contribution in [3.05, 3.63) is 53.1 Å². The number of benzene rings is 1. The fourth-order valence-electron chi connectivity index (χ4n) is 2.23. The van der Waals surface area contributed by atoms with Crippen LogP contribution >= 0.6 is 11.8 Å². The molecule has 0 N–H and O–H groups in total. The van der Waals surface area contributed by atoms with Gasteiger partial charge in [-0.2, -0.15) is 5.26 Å².